The molecule has 0 saturated carbocycles. The third-order valence-corrected chi connectivity index (χ3v) is 3.72. The van der Waals surface area contributed by atoms with E-state index in [1.165, 1.54) is 12.0 Å². The predicted molar refractivity (Wildman–Crippen MR) is 77.5 cm³/mol. The van der Waals surface area contributed by atoms with Gasteiger partial charge in [-0.2, -0.15) is 0 Å². The van der Waals surface area contributed by atoms with Crippen molar-refractivity contribution in [3.8, 4) is 0 Å². The Kier molecular flexibility index (Phi) is 7.14. The van der Waals surface area contributed by atoms with Gasteiger partial charge in [0.05, 0.1) is 6.54 Å². The highest BCUT2D eigenvalue weighted by Crippen LogP contribution is 2.14. The van der Waals surface area contributed by atoms with Crippen LogP contribution < -0.4 is 5.32 Å². The lowest BCUT2D eigenvalue weighted by atomic mass is 10.2. The molecule has 7 nitrogen and oxygen atoms in total. The Morgan fingerprint density at radius 3 is 2.76 bits per heavy atom. The van der Waals surface area contributed by atoms with Crippen molar-refractivity contribution in [1.29, 1.82) is 0 Å². The van der Waals surface area contributed by atoms with Gasteiger partial charge in [0.2, 0.25) is 11.8 Å². The molecule has 1 atom stereocenters. The third kappa shape index (κ3) is 5.34. The van der Waals surface area contributed by atoms with E-state index in [0.29, 0.717) is 19.5 Å². The summed E-state index contributed by atoms with van der Waals surface area (Å²) in [5, 5.41) is 2.51. The Morgan fingerprint density at radius 2 is 2.14 bits per heavy atom. The summed E-state index contributed by atoms with van der Waals surface area (Å²) in [6.45, 7) is 0.963. The Labute approximate surface area is 125 Å². The maximum Gasteiger partial charge on any atom is 0.252 e. The van der Waals surface area contributed by atoms with Gasteiger partial charge in [-0.25, -0.2) is 0 Å². The van der Waals surface area contributed by atoms with Crippen molar-refractivity contribution in [2.24, 2.45) is 0 Å². The van der Waals surface area contributed by atoms with Crippen molar-refractivity contribution in [3.63, 3.8) is 0 Å². The van der Waals surface area contributed by atoms with Gasteiger partial charge in [-0.15, -0.1) is 0 Å². The first-order valence-corrected chi connectivity index (χ1v) is 7.25. The van der Waals surface area contributed by atoms with E-state index in [1.807, 2.05) is 0 Å². The number of likely N-dealkylation sites (N-methyl/N-ethyl adjacent to an activating group) is 1. The summed E-state index contributed by atoms with van der Waals surface area (Å²) in [5.41, 5.74) is 0. The summed E-state index contributed by atoms with van der Waals surface area (Å²) in [6, 6.07) is 0. The van der Waals surface area contributed by atoms with Crippen molar-refractivity contribution in [1.82, 2.24) is 15.1 Å². The standard InChI is InChI=1S/C14H25N3O4/c1-15-12(18)7-9-16(2)13(19)10-17-8-5-4-6-11(21-3)14(17)20/h11H,4-10H2,1-3H3,(H,15,18). The first-order valence-electron chi connectivity index (χ1n) is 7.25. The molecule has 0 spiro atoms. The van der Waals surface area contributed by atoms with Gasteiger partial charge in [0, 0.05) is 40.7 Å². The summed E-state index contributed by atoms with van der Waals surface area (Å²) in [7, 11) is 4.72. The fourth-order valence-corrected chi connectivity index (χ4v) is 2.25. The van der Waals surface area contributed by atoms with Crippen LogP contribution in [0.15, 0.2) is 0 Å². The van der Waals surface area contributed by atoms with Crippen LogP contribution in [0.25, 0.3) is 0 Å². The molecular weight excluding hydrogens is 274 g/mol. The van der Waals surface area contributed by atoms with Crippen molar-refractivity contribution in [3.05, 3.63) is 0 Å². The Bertz CT molecular complexity index is 386. The molecule has 0 aromatic heterocycles. The van der Waals surface area contributed by atoms with Crippen LogP contribution in [-0.4, -0.2) is 74.5 Å². The van der Waals surface area contributed by atoms with E-state index in [1.54, 1.807) is 19.0 Å². The summed E-state index contributed by atoms with van der Waals surface area (Å²) >= 11 is 0. The summed E-state index contributed by atoms with van der Waals surface area (Å²) in [4.78, 5) is 38.6. The van der Waals surface area contributed by atoms with Gasteiger partial charge in [-0.3, -0.25) is 14.4 Å². The third-order valence-electron chi connectivity index (χ3n) is 3.72. The van der Waals surface area contributed by atoms with Crippen molar-refractivity contribution >= 4 is 17.7 Å². The van der Waals surface area contributed by atoms with E-state index in [-0.39, 0.29) is 30.7 Å². The average Bonchev–Trinajstić information content (AvgIpc) is 2.66. The predicted octanol–water partition coefficient (Wildman–Crippen LogP) is -0.392. The van der Waals surface area contributed by atoms with E-state index in [2.05, 4.69) is 5.32 Å². The number of likely N-dealkylation sites (tertiary alicyclic amines) is 1. The van der Waals surface area contributed by atoms with Crippen LogP contribution >= 0.6 is 0 Å². The lowest BCUT2D eigenvalue weighted by Gasteiger charge is -2.25. The molecule has 7 heteroatoms. The molecule has 1 N–H and O–H groups in total. The topological polar surface area (TPSA) is 79.0 Å². The number of carbonyl (C=O) groups excluding carboxylic acids is 3. The zero-order valence-electron chi connectivity index (χ0n) is 13.1. The molecule has 0 aliphatic carbocycles. The highest BCUT2D eigenvalue weighted by atomic mass is 16.5. The van der Waals surface area contributed by atoms with Crippen LogP contribution in [0.1, 0.15) is 25.7 Å². The first kappa shape index (κ1) is 17.4. The van der Waals surface area contributed by atoms with Crippen LogP contribution in [0, 0.1) is 0 Å². The first-order chi connectivity index (χ1) is 9.99. The molecule has 0 radical (unpaired) electrons. The van der Waals surface area contributed by atoms with Gasteiger partial charge in [-0.05, 0) is 19.3 Å². The minimum absolute atomic E-state index is 0.0446. The number of carbonyl (C=O) groups is 3. The number of nitrogens with one attached hydrogen (secondary N) is 1. The second kappa shape index (κ2) is 8.61. The van der Waals surface area contributed by atoms with E-state index in [4.69, 9.17) is 4.74 Å². The molecule has 1 unspecified atom stereocenters. The van der Waals surface area contributed by atoms with E-state index in [0.717, 1.165) is 12.8 Å². The number of methoxy groups -OCH3 is 1. The van der Waals surface area contributed by atoms with Gasteiger partial charge in [-0.1, -0.05) is 0 Å². The summed E-state index contributed by atoms with van der Waals surface area (Å²) < 4.78 is 5.18. The van der Waals surface area contributed by atoms with Crippen molar-refractivity contribution in [2.45, 2.75) is 31.8 Å². The highest BCUT2D eigenvalue weighted by Gasteiger charge is 2.28. The quantitative estimate of drug-likeness (QED) is 0.724. The molecule has 3 amide bonds. The van der Waals surface area contributed by atoms with Gasteiger partial charge < -0.3 is 19.9 Å². The molecule has 1 rings (SSSR count). The molecule has 1 aliphatic rings. The summed E-state index contributed by atoms with van der Waals surface area (Å²) in [6.07, 6.45) is 2.30. The van der Waals surface area contributed by atoms with Crippen molar-refractivity contribution in [2.75, 3.05) is 40.8 Å². The SMILES string of the molecule is CNC(=O)CCN(C)C(=O)CN1CCCCC(OC)C1=O. The molecule has 120 valence electrons. The molecule has 1 aliphatic heterocycles. The van der Waals surface area contributed by atoms with Gasteiger partial charge in [0.15, 0.2) is 0 Å². The summed E-state index contributed by atoms with van der Waals surface area (Å²) in [5.74, 6) is -0.396. The average molecular weight is 299 g/mol. The maximum absolute atomic E-state index is 12.2. The van der Waals surface area contributed by atoms with Crippen LogP contribution in [-0.2, 0) is 19.1 Å². The maximum atomic E-state index is 12.2. The molecule has 1 heterocycles. The fourth-order valence-electron chi connectivity index (χ4n) is 2.25. The minimum Gasteiger partial charge on any atom is -0.372 e. The molecular formula is C14H25N3O4. The van der Waals surface area contributed by atoms with Gasteiger partial charge >= 0.3 is 0 Å². The smallest absolute Gasteiger partial charge is 0.252 e. The number of hydrogen-bond acceptors (Lipinski definition) is 4. The molecule has 1 fully saturated rings. The Morgan fingerprint density at radius 1 is 1.43 bits per heavy atom. The number of hydrogen-bond donors (Lipinski definition) is 1. The molecule has 0 aromatic rings. The molecule has 1 saturated heterocycles. The normalized spacial score (nSPS) is 19.1. The number of rotatable bonds is 6. The fraction of sp³-hybridized carbons (Fsp3) is 0.786. The molecule has 0 bridgehead atoms. The van der Waals surface area contributed by atoms with Crippen LogP contribution in [0.5, 0.6) is 0 Å². The lowest BCUT2D eigenvalue weighted by Crippen LogP contribution is -2.45. The second-order valence-electron chi connectivity index (χ2n) is 5.22. The van der Waals surface area contributed by atoms with E-state index in [9.17, 15) is 14.4 Å². The number of amides is 3. The number of nitrogens with zero attached hydrogens (tertiary/aromatic N) is 2. The van der Waals surface area contributed by atoms with E-state index < -0.39 is 6.10 Å². The van der Waals surface area contributed by atoms with Crippen LogP contribution in [0.3, 0.4) is 0 Å². The molecule has 0 aromatic carbocycles. The van der Waals surface area contributed by atoms with Gasteiger partial charge in [0.1, 0.15) is 6.10 Å². The van der Waals surface area contributed by atoms with Crippen LogP contribution in [0.4, 0.5) is 0 Å². The zero-order valence-corrected chi connectivity index (χ0v) is 13.1. The minimum atomic E-state index is -0.448. The molecule has 21 heavy (non-hydrogen) atoms. The highest BCUT2D eigenvalue weighted by molar-refractivity contribution is 5.87. The Hall–Kier alpha value is -1.63. The number of ether oxygens (including phenoxy) is 1. The monoisotopic (exact) mass is 299 g/mol. The van der Waals surface area contributed by atoms with E-state index >= 15 is 0 Å². The lowest BCUT2D eigenvalue weighted by molar-refractivity contribution is -0.146. The van der Waals surface area contributed by atoms with Gasteiger partial charge in [0.25, 0.3) is 5.91 Å². The Balaban J connectivity index is 2.51. The largest absolute Gasteiger partial charge is 0.372 e. The zero-order chi connectivity index (χ0) is 15.8. The van der Waals surface area contributed by atoms with Crippen molar-refractivity contribution < 1.29 is 19.1 Å². The van der Waals surface area contributed by atoms with Crippen LogP contribution in [0.2, 0.25) is 0 Å². The second-order valence-corrected chi connectivity index (χ2v) is 5.22.